The minimum Gasteiger partial charge on any atom is -0.497 e. The largest absolute Gasteiger partial charge is 0.497 e. The van der Waals surface area contributed by atoms with Gasteiger partial charge in [0.2, 0.25) is 0 Å². The van der Waals surface area contributed by atoms with Crippen molar-refractivity contribution in [3.05, 3.63) is 66.4 Å². The molecule has 0 atom stereocenters. The van der Waals surface area contributed by atoms with Crippen LogP contribution in [-0.4, -0.2) is 43.2 Å². The van der Waals surface area contributed by atoms with E-state index in [9.17, 15) is 0 Å². The number of benzene rings is 2. The van der Waals surface area contributed by atoms with E-state index >= 15 is 0 Å². The summed E-state index contributed by atoms with van der Waals surface area (Å²) in [6.45, 7) is 5.07. The zero-order chi connectivity index (χ0) is 17.1. The molecule has 2 heterocycles. The number of rotatable bonds is 4. The molecular formula is C21H23N3O. The average molecular weight is 333 g/mol. The van der Waals surface area contributed by atoms with Crippen LogP contribution < -0.4 is 9.64 Å². The minimum atomic E-state index is 0.913. The van der Waals surface area contributed by atoms with E-state index in [2.05, 4.69) is 58.3 Å². The van der Waals surface area contributed by atoms with Gasteiger partial charge in [-0.25, -0.2) is 0 Å². The van der Waals surface area contributed by atoms with Gasteiger partial charge in [-0.1, -0.05) is 30.3 Å². The molecule has 4 heteroatoms. The summed E-state index contributed by atoms with van der Waals surface area (Å²) < 4.78 is 5.34. The zero-order valence-electron chi connectivity index (χ0n) is 14.6. The maximum absolute atomic E-state index is 5.34. The molecule has 4 nitrogen and oxygen atoms in total. The van der Waals surface area contributed by atoms with E-state index < -0.39 is 0 Å². The Labute approximate surface area is 148 Å². The fourth-order valence-corrected chi connectivity index (χ4v) is 3.40. The van der Waals surface area contributed by atoms with Crippen molar-refractivity contribution in [2.75, 3.05) is 38.2 Å². The summed E-state index contributed by atoms with van der Waals surface area (Å²) in [7, 11) is 1.72. The molecule has 0 amide bonds. The molecule has 4 rings (SSSR count). The molecule has 0 spiro atoms. The smallest absolute Gasteiger partial charge is 0.120 e. The SMILES string of the molecule is COc1cccc(N2CCN(Cc3ccc4ccccc4n3)CC2)c1. The first kappa shape index (κ1) is 15.9. The maximum Gasteiger partial charge on any atom is 0.120 e. The van der Waals surface area contributed by atoms with E-state index in [0.29, 0.717) is 0 Å². The van der Waals surface area contributed by atoms with Crippen molar-refractivity contribution in [3.8, 4) is 5.75 Å². The van der Waals surface area contributed by atoms with Gasteiger partial charge in [0, 0.05) is 49.9 Å². The molecule has 0 radical (unpaired) electrons. The molecule has 0 saturated carbocycles. The highest BCUT2D eigenvalue weighted by atomic mass is 16.5. The first-order chi connectivity index (χ1) is 12.3. The van der Waals surface area contributed by atoms with Gasteiger partial charge in [0.15, 0.2) is 0 Å². The second kappa shape index (κ2) is 7.11. The molecule has 3 aromatic rings. The summed E-state index contributed by atoms with van der Waals surface area (Å²) in [4.78, 5) is 9.70. The third-order valence-corrected chi connectivity index (χ3v) is 4.83. The highest BCUT2D eigenvalue weighted by molar-refractivity contribution is 5.78. The number of hydrogen-bond acceptors (Lipinski definition) is 4. The van der Waals surface area contributed by atoms with Gasteiger partial charge in [-0.3, -0.25) is 9.88 Å². The fraction of sp³-hybridized carbons (Fsp3) is 0.286. The second-order valence-electron chi connectivity index (χ2n) is 6.46. The summed E-state index contributed by atoms with van der Waals surface area (Å²) >= 11 is 0. The highest BCUT2D eigenvalue weighted by Crippen LogP contribution is 2.22. The van der Waals surface area contributed by atoms with Gasteiger partial charge >= 0.3 is 0 Å². The predicted molar refractivity (Wildman–Crippen MR) is 102 cm³/mol. The number of methoxy groups -OCH3 is 1. The lowest BCUT2D eigenvalue weighted by Crippen LogP contribution is -2.46. The van der Waals surface area contributed by atoms with Gasteiger partial charge in [0.25, 0.3) is 0 Å². The minimum absolute atomic E-state index is 0.913. The van der Waals surface area contributed by atoms with E-state index in [4.69, 9.17) is 9.72 Å². The molecule has 0 aliphatic carbocycles. The van der Waals surface area contributed by atoms with Crippen molar-refractivity contribution in [2.24, 2.45) is 0 Å². The first-order valence-electron chi connectivity index (χ1n) is 8.78. The Balaban J connectivity index is 1.39. The van der Waals surface area contributed by atoms with Crippen molar-refractivity contribution in [1.82, 2.24) is 9.88 Å². The van der Waals surface area contributed by atoms with Crippen LogP contribution in [0.5, 0.6) is 5.75 Å². The predicted octanol–water partition coefficient (Wildman–Crippen LogP) is 3.57. The van der Waals surface area contributed by atoms with Crippen LogP contribution >= 0.6 is 0 Å². The Hall–Kier alpha value is -2.59. The maximum atomic E-state index is 5.34. The quantitative estimate of drug-likeness (QED) is 0.730. The van der Waals surface area contributed by atoms with Crippen LogP contribution in [0.3, 0.4) is 0 Å². The Morgan fingerprint density at radius 1 is 0.920 bits per heavy atom. The number of fused-ring (bicyclic) bond motifs is 1. The topological polar surface area (TPSA) is 28.6 Å². The van der Waals surface area contributed by atoms with Crippen LogP contribution in [0.25, 0.3) is 10.9 Å². The summed E-state index contributed by atoms with van der Waals surface area (Å²) in [5.41, 5.74) is 3.46. The summed E-state index contributed by atoms with van der Waals surface area (Å²) in [5.74, 6) is 0.917. The molecule has 0 unspecified atom stereocenters. The molecule has 128 valence electrons. The zero-order valence-corrected chi connectivity index (χ0v) is 14.6. The molecule has 1 aliphatic rings. The molecule has 25 heavy (non-hydrogen) atoms. The van der Waals surface area contributed by atoms with E-state index in [0.717, 1.165) is 49.7 Å². The van der Waals surface area contributed by atoms with Crippen molar-refractivity contribution in [1.29, 1.82) is 0 Å². The van der Waals surface area contributed by atoms with Crippen LogP contribution in [0.2, 0.25) is 0 Å². The lowest BCUT2D eigenvalue weighted by atomic mass is 10.2. The number of pyridine rings is 1. The Morgan fingerprint density at radius 2 is 1.76 bits per heavy atom. The van der Waals surface area contributed by atoms with Crippen molar-refractivity contribution < 1.29 is 4.74 Å². The van der Waals surface area contributed by atoms with Gasteiger partial charge in [-0.15, -0.1) is 0 Å². The van der Waals surface area contributed by atoms with Gasteiger partial charge in [-0.05, 0) is 24.3 Å². The molecule has 0 N–H and O–H groups in total. The summed E-state index contributed by atoms with van der Waals surface area (Å²) in [6, 6.07) is 20.9. The fourth-order valence-electron chi connectivity index (χ4n) is 3.40. The Kier molecular flexibility index (Phi) is 4.53. The average Bonchev–Trinajstić information content (AvgIpc) is 2.68. The van der Waals surface area contributed by atoms with Crippen LogP contribution in [0.1, 0.15) is 5.69 Å². The summed E-state index contributed by atoms with van der Waals surface area (Å²) in [6.07, 6.45) is 0. The van der Waals surface area contributed by atoms with Gasteiger partial charge in [0.05, 0.1) is 18.3 Å². The van der Waals surface area contributed by atoms with Gasteiger partial charge in [-0.2, -0.15) is 0 Å². The number of nitrogens with zero attached hydrogens (tertiary/aromatic N) is 3. The monoisotopic (exact) mass is 333 g/mol. The van der Waals surface area contributed by atoms with Crippen LogP contribution in [0, 0.1) is 0 Å². The molecule has 1 fully saturated rings. The normalized spacial score (nSPS) is 15.5. The highest BCUT2D eigenvalue weighted by Gasteiger charge is 2.18. The molecular weight excluding hydrogens is 310 g/mol. The third-order valence-electron chi connectivity index (χ3n) is 4.83. The standard InChI is InChI=1S/C21H23N3O/c1-25-20-7-4-6-19(15-20)24-13-11-23(12-14-24)16-18-10-9-17-5-2-3-8-21(17)22-18/h2-10,15H,11-14,16H2,1H3. The summed E-state index contributed by atoms with van der Waals surface area (Å²) in [5, 5.41) is 1.20. The Morgan fingerprint density at radius 3 is 2.60 bits per heavy atom. The second-order valence-corrected chi connectivity index (χ2v) is 6.46. The van der Waals surface area contributed by atoms with Crippen molar-refractivity contribution in [2.45, 2.75) is 6.54 Å². The first-order valence-corrected chi connectivity index (χ1v) is 8.78. The van der Waals surface area contributed by atoms with Gasteiger partial charge < -0.3 is 9.64 Å². The van der Waals surface area contributed by atoms with Gasteiger partial charge in [0.1, 0.15) is 5.75 Å². The molecule has 2 aromatic carbocycles. The lowest BCUT2D eigenvalue weighted by molar-refractivity contribution is 0.247. The molecule has 1 aromatic heterocycles. The van der Waals surface area contributed by atoms with Crippen LogP contribution in [0.15, 0.2) is 60.7 Å². The molecule has 1 aliphatic heterocycles. The number of hydrogen-bond donors (Lipinski definition) is 0. The van der Waals surface area contributed by atoms with E-state index in [-0.39, 0.29) is 0 Å². The van der Waals surface area contributed by atoms with Crippen molar-refractivity contribution in [3.63, 3.8) is 0 Å². The molecule has 1 saturated heterocycles. The van der Waals surface area contributed by atoms with E-state index in [1.54, 1.807) is 7.11 Å². The molecule has 0 bridgehead atoms. The number of aromatic nitrogens is 1. The lowest BCUT2D eigenvalue weighted by Gasteiger charge is -2.36. The third kappa shape index (κ3) is 3.59. The van der Waals surface area contributed by atoms with Crippen LogP contribution in [0.4, 0.5) is 5.69 Å². The van der Waals surface area contributed by atoms with E-state index in [1.807, 2.05) is 12.1 Å². The van der Waals surface area contributed by atoms with Crippen LogP contribution in [-0.2, 0) is 6.54 Å². The Bertz CT molecular complexity index is 856. The number of piperazine rings is 1. The number of anilines is 1. The number of para-hydroxylation sites is 1. The van der Waals surface area contributed by atoms with Crippen molar-refractivity contribution >= 4 is 16.6 Å². The van der Waals surface area contributed by atoms with E-state index in [1.165, 1.54) is 11.1 Å². The number of ether oxygens (including phenoxy) is 1.